The normalized spacial score (nSPS) is 11.4. The van der Waals surface area contributed by atoms with Crippen LogP contribution in [0.4, 0.5) is 17.1 Å². The molecule has 2 heteroatoms. The summed E-state index contributed by atoms with van der Waals surface area (Å²) in [4.78, 5) is 2.38. The second-order valence-corrected chi connectivity index (χ2v) is 16.5. The molecule has 64 heavy (non-hydrogen) atoms. The number of rotatable bonds is 8. The first-order chi connectivity index (χ1) is 31.7. The van der Waals surface area contributed by atoms with E-state index in [0.29, 0.717) is 0 Å². The number of aromatic nitrogens is 1. The van der Waals surface area contributed by atoms with Crippen molar-refractivity contribution in [3.63, 3.8) is 0 Å². The monoisotopic (exact) mass is 814 g/mol. The van der Waals surface area contributed by atoms with E-state index < -0.39 is 0 Å². The van der Waals surface area contributed by atoms with E-state index >= 15 is 0 Å². The molecule has 2 nitrogen and oxygen atoms in total. The predicted octanol–water partition coefficient (Wildman–Crippen LogP) is 17.2. The molecule has 0 atom stereocenters. The second-order valence-electron chi connectivity index (χ2n) is 16.5. The molecule has 0 aliphatic heterocycles. The molecule has 0 radical (unpaired) electrons. The van der Waals surface area contributed by atoms with E-state index in [1.807, 2.05) is 0 Å². The molecule has 0 aliphatic rings. The zero-order valence-corrected chi connectivity index (χ0v) is 35.1. The van der Waals surface area contributed by atoms with E-state index in [2.05, 4.69) is 264 Å². The van der Waals surface area contributed by atoms with Gasteiger partial charge < -0.3 is 9.47 Å². The van der Waals surface area contributed by atoms with Crippen LogP contribution in [0, 0.1) is 0 Å². The van der Waals surface area contributed by atoms with Crippen LogP contribution in [0.15, 0.2) is 255 Å². The molecule has 0 saturated heterocycles. The maximum atomic E-state index is 2.44. The molecule has 12 rings (SSSR count). The van der Waals surface area contributed by atoms with Crippen molar-refractivity contribution in [3.05, 3.63) is 255 Å². The lowest BCUT2D eigenvalue weighted by molar-refractivity contribution is 1.18. The van der Waals surface area contributed by atoms with Gasteiger partial charge in [0.25, 0.3) is 0 Å². The van der Waals surface area contributed by atoms with Gasteiger partial charge in [-0.05, 0) is 127 Å². The van der Waals surface area contributed by atoms with E-state index in [4.69, 9.17) is 0 Å². The smallest absolute Gasteiger partial charge is 0.0546 e. The predicted molar refractivity (Wildman–Crippen MR) is 272 cm³/mol. The highest BCUT2D eigenvalue weighted by atomic mass is 15.1. The summed E-state index contributed by atoms with van der Waals surface area (Å²) in [6, 6.07) is 92.8. The molecule has 0 amide bonds. The van der Waals surface area contributed by atoms with Gasteiger partial charge in [0.1, 0.15) is 0 Å². The summed E-state index contributed by atoms with van der Waals surface area (Å²) in [5.41, 5.74) is 16.3. The number of benzene rings is 11. The number of hydrogen-bond acceptors (Lipinski definition) is 1. The van der Waals surface area contributed by atoms with Crippen LogP contribution in [0.1, 0.15) is 0 Å². The number of hydrogen-bond donors (Lipinski definition) is 0. The molecular weight excluding hydrogens is 773 g/mol. The third-order valence-corrected chi connectivity index (χ3v) is 12.8. The lowest BCUT2D eigenvalue weighted by Crippen LogP contribution is -2.10. The van der Waals surface area contributed by atoms with Crippen LogP contribution in [-0.2, 0) is 0 Å². The molecule has 300 valence electrons. The highest BCUT2D eigenvalue weighted by molar-refractivity contribution is 6.10. The first kappa shape index (κ1) is 37.3. The lowest BCUT2D eigenvalue weighted by atomic mass is 9.92. The number of para-hydroxylation sites is 2. The SMILES string of the molecule is c1ccc(-c2c(-c3ccc(N(c4ccc(-c5ccc6ccccc6c5)cc4)c4cccc(-c5ccc6ccccc6c5)c4)cc3)cccc2-n2c3ccccc3c3ccccc32)cc1. The van der Waals surface area contributed by atoms with Gasteiger partial charge in [-0.1, -0.05) is 188 Å². The molecule has 1 heterocycles. The average Bonchev–Trinajstić information content (AvgIpc) is 3.71. The van der Waals surface area contributed by atoms with Crippen molar-refractivity contribution in [2.75, 3.05) is 4.90 Å². The first-order valence-corrected chi connectivity index (χ1v) is 22.0. The molecule has 0 saturated carbocycles. The van der Waals surface area contributed by atoms with Crippen LogP contribution >= 0.6 is 0 Å². The molecule has 1 aromatic heterocycles. The van der Waals surface area contributed by atoms with Gasteiger partial charge in [-0.2, -0.15) is 0 Å². The van der Waals surface area contributed by atoms with Crippen molar-refractivity contribution in [3.8, 4) is 50.2 Å². The van der Waals surface area contributed by atoms with Crippen LogP contribution in [0.3, 0.4) is 0 Å². The maximum absolute atomic E-state index is 2.44. The maximum Gasteiger partial charge on any atom is 0.0546 e. The van der Waals surface area contributed by atoms with E-state index in [1.54, 1.807) is 0 Å². The minimum atomic E-state index is 1.08. The van der Waals surface area contributed by atoms with Crippen molar-refractivity contribution >= 4 is 60.4 Å². The summed E-state index contributed by atoms with van der Waals surface area (Å²) in [5.74, 6) is 0. The molecule has 0 unspecified atom stereocenters. The van der Waals surface area contributed by atoms with E-state index in [9.17, 15) is 0 Å². The van der Waals surface area contributed by atoms with Gasteiger partial charge in [-0.15, -0.1) is 0 Å². The number of nitrogens with zero attached hydrogens (tertiary/aromatic N) is 2. The minimum Gasteiger partial charge on any atom is -0.310 e. The van der Waals surface area contributed by atoms with Crippen molar-refractivity contribution in [1.82, 2.24) is 4.57 Å². The zero-order valence-electron chi connectivity index (χ0n) is 35.1. The summed E-state index contributed by atoms with van der Waals surface area (Å²) < 4.78 is 2.44. The molecule has 0 N–H and O–H groups in total. The lowest BCUT2D eigenvalue weighted by Gasteiger charge is -2.27. The Morgan fingerprint density at radius 1 is 0.266 bits per heavy atom. The Labute approximate surface area is 373 Å². The van der Waals surface area contributed by atoms with Gasteiger partial charge in [0.05, 0.1) is 16.7 Å². The summed E-state index contributed by atoms with van der Waals surface area (Å²) in [5, 5.41) is 7.47. The summed E-state index contributed by atoms with van der Waals surface area (Å²) in [6.07, 6.45) is 0. The molecule has 0 aliphatic carbocycles. The first-order valence-electron chi connectivity index (χ1n) is 22.0. The topological polar surface area (TPSA) is 8.17 Å². The Hall–Kier alpha value is -8.46. The Balaban J connectivity index is 0.988. The fourth-order valence-electron chi connectivity index (χ4n) is 9.66. The molecular formula is C62H42N2. The molecule has 0 spiro atoms. The van der Waals surface area contributed by atoms with Crippen LogP contribution in [-0.4, -0.2) is 4.57 Å². The zero-order chi connectivity index (χ0) is 42.4. The van der Waals surface area contributed by atoms with Gasteiger partial charge in [0.2, 0.25) is 0 Å². The van der Waals surface area contributed by atoms with E-state index in [1.165, 1.54) is 82.3 Å². The number of fused-ring (bicyclic) bond motifs is 5. The fraction of sp³-hybridized carbons (Fsp3) is 0. The van der Waals surface area contributed by atoms with Crippen LogP contribution < -0.4 is 4.90 Å². The standard InChI is InChI=1S/C62H42N2/c1-2-16-47(17-3-1)62-56(24-13-27-61(62)64-59-25-10-8-22-57(59)58-23-9-11-26-60(58)64)46-34-38-54(39-35-46)63(53-36-32-45(33-37-53)51-30-28-43-14-4-6-18-48(43)40-51)55-21-12-20-50(42-55)52-31-29-44-15-5-7-19-49(44)41-52/h1-42H. The van der Waals surface area contributed by atoms with Gasteiger partial charge in [0.15, 0.2) is 0 Å². The third kappa shape index (κ3) is 6.61. The average molecular weight is 815 g/mol. The summed E-state index contributed by atoms with van der Waals surface area (Å²) in [6.45, 7) is 0. The Kier molecular flexibility index (Phi) is 9.20. The Morgan fingerprint density at radius 3 is 1.36 bits per heavy atom. The van der Waals surface area contributed by atoms with Gasteiger partial charge >= 0.3 is 0 Å². The van der Waals surface area contributed by atoms with Crippen LogP contribution in [0.25, 0.3) is 93.5 Å². The summed E-state index contributed by atoms with van der Waals surface area (Å²) in [7, 11) is 0. The number of anilines is 3. The van der Waals surface area contributed by atoms with E-state index in [0.717, 1.165) is 28.3 Å². The quantitative estimate of drug-likeness (QED) is 0.148. The van der Waals surface area contributed by atoms with Crippen LogP contribution in [0.2, 0.25) is 0 Å². The largest absolute Gasteiger partial charge is 0.310 e. The fourth-order valence-corrected chi connectivity index (χ4v) is 9.66. The van der Waals surface area contributed by atoms with Crippen molar-refractivity contribution < 1.29 is 0 Å². The Morgan fingerprint density at radius 2 is 0.734 bits per heavy atom. The molecule has 0 fully saturated rings. The van der Waals surface area contributed by atoms with Crippen molar-refractivity contribution in [1.29, 1.82) is 0 Å². The van der Waals surface area contributed by atoms with Gasteiger partial charge in [-0.25, -0.2) is 0 Å². The summed E-state index contributed by atoms with van der Waals surface area (Å²) >= 11 is 0. The highest BCUT2D eigenvalue weighted by Gasteiger charge is 2.20. The molecule has 11 aromatic carbocycles. The van der Waals surface area contributed by atoms with E-state index in [-0.39, 0.29) is 0 Å². The van der Waals surface area contributed by atoms with Crippen molar-refractivity contribution in [2.45, 2.75) is 0 Å². The second kappa shape index (κ2) is 15.8. The Bertz CT molecular complexity index is 3600. The van der Waals surface area contributed by atoms with Gasteiger partial charge in [-0.3, -0.25) is 0 Å². The molecule has 0 bridgehead atoms. The highest BCUT2D eigenvalue weighted by Crippen LogP contribution is 2.43. The molecule has 12 aromatic rings. The van der Waals surface area contributed by atoms with Crippen molar-refractivity contribution in [2.24, 2.45) is 0 Å². The minimum absolute atomic E-state index is 1.08. The third-order valence-electron chi connectivity index (χ3n) is 12.8. The van der Waals surface area contributed by atoms with Gasteiger partial charge in [0, 0.05) is 33.4 Å². The van der Waals surface area contributed by atoms with Crippen LogP contribution in [0.5, 0.6) is 0 Å².